The quantitative estimate of drug-likeness (QED) is 0.409. The number of rotatable bonds is 4. The van der Waals surface area contributed by atoms with Gasteiger partial charge in [0.05, 0.1) is 22.3 Å². The molecule has 0 aliphatic heterocycles. The molecule has 3 nitrogen and oxygen atoms in total. The maximum Gasteiger partial charge on any atom is 0.416 e. The molecule has 1 N–H and O–H groups in total. The lowest BCUT2D eigenvalue weighted by Crippen LogP contribution is -2.23. The molecule has 0 saturated carbocycles. The first-order chi connectivity index (χ1) is 14.8. The number of halogens is 4. The van der Waals surface area contributed by atoms with Crippen LogP contribution in [0.4, 0.5) is 17.6 Å². The lowest BCUT2D eigenvalue weighted by molar-refractivity contribution is -0.137. The van der Waals surface area contributed by atoms with Crippen molar-refractivity contribution < 1.29 is 22.4 Å². The molecule has 0 atom stereocenters. The smallest absolute Gasteiger partial charge is 0.348 e. The van der Waals surface area contributed by atoms with Crippen molar-refractivity contribution in [3.05, 3.63) is 101 Å². The zero-order chi connectivity index (χ0) is 22.0. The number of hydrogen-bond acceptors (Lipinski definition) is 2. The first-order valence-corrected chi connectivity index (χ1v) is 9.41. The van der Waals surface area contributed by atoms with Crippen LogP contribution in [0.1, 0.15) is 21.5 Å². The minimum absolute atomic E-state index is 0.109. The van der Waals surface area contributed by atoms with Gasteiger partial charge in [-0.3, -0.25) is 4.79 Å². The summed E-state index contributed by atoms with van der Waals surface area (Å²) in [6, 6.07) is 19.4. The van der Waals surface area contributed by atoms with Gasteiger partial charge in [-0.2, -0.15) is 13.2 Å². The van der Waals surface area contributed by atoms with E-state index >= 15 is 0 Å². The van der Waals surface area contributed by atoms with Crippen LogP contribution >= 0.6 is 0 Å². The zero-order valence-corrected chi connectivity index (χ0v) is 16.1. The van der Waals surface area contributed by atoms with Crippen molar-refractivity contribution in [2.75, 3.05) is 0 Å². The fourth-order valence-corrected chi connectivity index (χ4v) is 3.28. The highest BCUT2D eigenvalue weighted by molar-refractivity contribution is 6.07. The molecule has 0 bridgehead atoms. The predicted molar refractivity (Wildman–Crippen MR) is 110 cm³/mol. The van der Waals surface area contributed by atoms with Gasteiger partial charge in [0.1, 0.15) is 5.82 Å². The highest BCUT2D eigenvalue weighted by atomic mass is 19.4. The van der Waals surface area contributed by atoms with E-state index in [1.807, 2.05) is 30.3 Å². The molecule has 1 amide bonds. The molecule has 0 aliphatic carbocycles. The minimum atomic E-state index is -4.47. The largest absolute Gasteiger partial charge is 0.416 e. The van der Waals surface area contributed by atoms with Gasteiger partial charge in [-0.25, -0.2) is 9.37 Å². The van der Waals surface area contributed by atoms with E-state index in [4.69, 9.17) is 0 Å². The topological polar surface area (TPSA) is 42.0 Å². The van der Waals surface area contributed by atoms with Crippen molar-refractivity contribution in [2.45, 2.75) is 12.7 Å². The van der Waals surface area contributed by atoms with Crippen LogP contribution in [-0.2, 0) is 12.7 Å². The van der Waals surface area contributed by atoms with Crippen molar-refractivity contribution in [1.82, 2.24) is 10.3 Å². The molecule has 3 aromatic carbocycles. The third-order valence-corrected chi connectivity index (χ3v) is 4.79. The second-order valence-corrected chi connectivity index (χ2v) is 6.96. The summed E-state index contributed by atoms with van der Waals surface area (Å²) in [5.74, 6) is -1.05. The van der Waals surface area contributed by atoms with Crippen LogP contribution in [0.15, 0.2) is 78.9 Å². The molecule has 0 aliphatic rings. The fourth-order valence-electron chi connectivity index (χ4n) is 3.28. The third kappa shape index (κ3) is 4.55. The van der Waals surface area contributed by atoms with Gasteiger partial charge in [0.25, 0.3) is 5.91 Å². The van der Waals surface area contributed by atoms with E-state index < -0.39 is 23.5 Å². The van der Waals surface area contributed by atoms with Crippen LogP contribution < -0.4 is 5.32 Å². The van der Waals surface area contributed by atoms with E-state index in [1.54, 1.807) is 6.07 Å². The molecule has 1 heterocycles. The molecule has 0 saturated heterocycles. The number of pyridine rings is 1. The maximum atomic E-state index is 13.8. The zero-order valence-electron chi connectivity index (χ0n) is 16.1. The Bertz CT molecular complexity index is 1250. The third-order valence-electron chi connectivity index (χ3n) is 4.79. The second-order valence-electron chi connectivity index (χ2n) is 6.96. The minimum Gasteiger partial charge on any atom is -0.348 e. The summed E-state index contributed by atoms with van der Waals surface area (Å²) < 4.78 is 52.6. The lowest BCUT2D eigenvalue weighted by atomic mass is 10.0. The molecule has 0 fully saturated rings. The van der Waals surface area contributed by atoms with E-state index in [0.29, 0.717) is 22.2 Å². The summed E-state index contributed by atoms with van der Waals surface area (Å²) in [7, 11) is 0. The molecular formula is C24H16F4N2O. The standard InChI is InChI=1S/C24H16F4N2O/c25-18-9-10-21-19(12-18)20(13-22(30-21)16-6-2-1-3-7-16)23(31)29-14-15-5-4-8-17(11-15)24(26,27)28/h1-13H,14H2,(H,29,31). The molecule has 0 radical (unpaired) electrons. The van der Waals surface area contributed by atoms with Crippen LogP contribution in [0.5, 0.6) is 0 Å². The summed E-state index contributed by atoms with van der Waals surface area (Å²) in [6.45, 7) is -0.109. The van der Waals surface area contributed by atoms with Crippen molar-refractivity contribution in [2.24, 2.45) is 0 Å². The van der Waals surface area contributed by atoms with Gasteiger partial charge in [0.2, 0.25) is 0 Å². The molecule has 4 aromatic rings. The van der Waals surface area contributed by atoms with Crippen molar-refractivity contribution in [1.29, 1.82) is 0 Å². The Kier molecular flexibility index (Phi) is 5.42. The molecule has 7 heteroatoms. The summed E-state index contributed by atoms with van der Waals surface area (Å²) >= 11 is 0. The Morgan fingerprint density at radius 1 is 0.903 bits per heavy atom. The Balaban J connectivity index is 1.68. The van der Waals surface area contributed by atoms with Crippen LogP contribution in [0.2, 0.25) is 0 Å². The molecule has 0 unspecified atom stereocenters. The van der Waals surface area contributed by atoms with Crippen LogP contribution in [-0.4, -0.2) is 10.9 Å². The van der Waals surface area contributed by atoms with E-state index in [2.05, 4.69) is 10.3 Å². The molecule has 156 valence electrons. The SMILES string of the molecule is O=C(NCc1cccc(C(F)(F)F)c1)c1cc(-c2ccccc2)nc2ccc(F)cc12. The van der Waals surface area contributed by atoms with Crippen molar-refractivity contribution in [3.8, 4) is 11.3 Å². The summed E-state index contributed by atoms with van der Waals surface area (Å²) in [4.78, 5) is 17.4. The van der Waals surface area contributed by atoms with Gasteiger partial charge in [-0.1, -0.05) is 42.5 Å². The average Bonchev–Trinajstić information content (AvgIpc) is 2.77. The predicted octanol–water partition coefficient (Wildman–Crippen LogP) is 5.99. The van der Waals surface area contributed by atoms with Gasteiger partial charge in [0.15, 0.2) is 0 Å². The Hall–Kier alpha value is -3.74. The maximum absolute atomic E-state index is 13.8. The number of aromatic nitrogens is 1. The summed E-state index contributed by atoms with van der Waals surface area (Å²) in [6.07, 6.45) is -4.47. The van der Waals surface area contributed by atoms with Crippen LogP contribution in [0.3, 0.4) is 0 Å². The number of fused-ring (bicyclic) bond motifs is 1. The van der Waals surface area contributed by atoms with Gasteiger partial charge in [-0.15, -0.1) is 0 Å². The Morgan fingerprint density at radius 3 is 2.42 bits per heavy atom. The van der Waals surface area contributed by atoms with E-state index in [-0.39, 0.29) is 12.1 Å². The number of hydrogen-bond donors (Lipinski definition) is 1. The Labute approximate surface area is 175 Å². The number of amides is 1. The van der Waals surface area contributed by atoms with Gasteiger partial charge in [-0.05, 0) is 42.0 Å². The van der Waals surface area contributed by atoms with E-state index in [1.165, 1.54) is 30.3 Å². The second kappa shape index (κ2) is 8.18. The van der Waals surface area contributed by atoms with Crippen molar-refractivity contribution >= 4 is 16.8 Å². The van der Waals surface area contributed by atoms with Gasteiger partial charge in [0, 0.05) is 17.5 Å². The van der Waals surface area contributed by atoms with Gasteiger partial charge >= 0.3 is 6.18 Å². The number of alkyl halides is 3. The van der Waals surface area contributed by atoms with Crippen LogP contribution in [0.25, 0.3) is 22.2 Å². The number of benzene rings is 3. The first-order valence-electron chi connectivity index (χ1n) is 9.41. The average molecular weight is 424 g/mol. The molecule has 1 aromatic heterocycles. The van der Waals surface area contributed by atoms with Crippen molar-refractivity contribution in [3.63, 3.8) is 0 Å². The molecular weight excluding hydrogens is 408 g/mol. The lowest BCUT2D eigenvalue weighted by Gasteiger charge is -2.12. The van der Waals surface area contributed by atoms with E-state index in [9.17, 15) is 22.4 Å². The highest BCUT2D eigenvalue weighted by Crippen LogP contribution is 2.30. The molecule has 0 spiro atoms. The number of nitrogens with one attached hydrogen (secondary N) is 1. The first kappa shape index (κ1) is 20.5. The number of carbonyl (C=O) groups is 1. The number of nitrogens with zero attached hydrogens (tertiary/aromatic N) is 1. The summed E-state index contributed by atoms with van der Waals surface area (Å²) in [5.41, 5.74) is 1.45. The number of carbonyl (C=O) groups excluding carboxylic acids is 1. The Morgan fingerprint density at radius 2 is 1.68 bits per heavy atom. The molecule has 31 heavy (non-hydrogen) atoms. The van der Waals surface area contributed by atoms with Gasteiger partial charge < -0.3 is 5.32 Å². The molecule has 4 rings (SSSR count). The monoisotopic (exact) mass is 424 g/mol. The van der Waals surface area contributed by atoms with E-state index in [0.717, 1.165) is 17.7 Å². The normalized spacial score (nSPS) is 11.5. The highest BCUT2D eigenvalue weighted by Gasteiger charge is 2.30. The fraction of sp³-hybridized carbons (Fsp3) is 0.0833. The summed E-state index contributed by atoms with van der Waals surface area (Å²) in [5, 5.41) is 2.95. The van der Waals surface area contributed by atoms with Crippen LogP contribution in [0, 0.1) is 5.82 Å².